The Kier molecular flexibility index (Phi) is 3.82. The van der Waals surface area contributed by atoms with Gasteiger partial charge in [-0.2, -0.15) is 0 Å². The molecular weight excluding hydrogens is 232 g/mol. The van der Waals surface area contributed by atoms with Crippen LogP contribution in [0.15, 0.2) is 0 Å². The van der Waals surface area contributed by atoms with Gasteiger partial charge in [-0.15, -0.1) is 0 Å². The topological polar surface area (TPSA) is 59.6 Å². The van der Waals surface area contributed by atoms with Crippen LogP contribution in [0.2, 0.25) is 0 Å². The Hall–Kier alpha value is -0.810. The average Bonchev–Trinajstić information content (AvgIpc) is 2.68. The summed E-state index contributed by atoms with van der Waals surface area (Å²) in [6, 6.07) is 0. The predicted octanol–water partition coefficient (Wildman–Crippen LogP) is 1.14. The summed E-state index contributed by atoms with van der Waals surface area (Å²) in [6.07, 6.45) is 0.675. The SMILES string of the molecule is CC(C)(C)OC(=O)NCC12CCOCC1CNC2. The lowest BCUT2D eigenvalue weighted by Gasteiger charge is -2.38. The number of amides is 1. The maximum absolute atomic E-state index is 11.7. The Labute approximate surface area is 109 Å². The van der Waals surface area contributed by atoms with Gasteiger partial charge < -0.3 is 20.1 Å². The summed E-state index contributed by atoms with van der Waals surface area (Å²) in [4.78, 5) is 11.7. The molecule has 2 aliphatic heterocycles. The Morgan fingerprint density at radius 3 is 3.06 bits per heavy atom. The number of fused-ring (bicyclic) bond motifs is 1. The molecule has 18 heavy (non-hydrogen) atoms. The van der Waals surface area contributed by atoms with E-state index in [9.17, 15) is 4.79 Å². The van der Waals surface area contributed by atoms with E-state index in [1.54, 1.807) is 0 Å². The Bertz CT molecular complexity index is 314. The maximum atomic E-state index is 11.7. The van der Waals surface area contributed by atoms with Crippen LogP contribution in [0, 0.1) is 11.3 Å². The second-order valence-electron chi connectivity index (χ2n) is 6.37. The van der Waals surface area contributed by atoms with Crippen LogP contribution in [0.1, 0.15) is 27.2 Å². The fraction of sp³-hybridized carbons (Fsp3) is 0.923. The van der Waals surface area contributed by atoms with Gasteiger partial charge in [-0.1, -0.05) is 0 Å². The third kappa shape index (κ3) is 3.14. The summed E-state index contributed by atoms with van der Waals surface area (Å²) in [5.74, 6) is 0.501. The number of nitrogens with one attached hydrogen (secondary N) is 2. The van der Waals surface area contributed by atoms with Crippen LogP contribution < -0.4 is 10.6 Å². The molecule has 2 saturated heterocycles. The molecule has 0 aliphatic carbocycles. The van der Waals surface area contributed by atoms with Gasteiger partial charge in [0, 0.05) is 37.6 Å². The van der Waals surface area contributed by atoms with Gasteiger partial charge in [-0.3, -0.25) is 0 Å². The minimum absolute atomic E-state index is 0.148. The summed E-state index contributed by atoms with van der Waals surface area (Å²) in [5.41, 5.74) is -0.292. The first-order valence-electron chi connectivity index (χ1n) is 6.67. The van der Waals surface area contributed by atoms with E-state index in [1.165, 1.54) is 0 Å². The van der Waals surface area contributed by atoms with Crippen LogP contribution >= 0.6 is 0 Å². The fourth-order valence-corrected chi connectivity index (χ4v) is 2.74. The molecule has 0 radical (unpaired) electrons. The molecule has 0 aromatic carbocycles. The van der Waals surface area contributed by atoms with Gasteiger partial charge in [0.15, 0.2) is 0 Å². The van der Waals surface area contributed by atoms with E-state index < -0.39 is 5.60 Å². The number of rotatable bonds is 2. The minimum Gasteiger partial charge on any atom is -0.444 e. The van der Waals surface area contributed by atoms with Crippen molar-refractivity contribution in [1.29, 1.82) is 0 Å². The lowest BCUT2D eigenvalue weighted by Crippen LogP contribution is -2.48. The van der Waals surface area contributed by atoms with Crippen LogP contribution in [0.25, 0.3) is 0 Å². The molecule has 2 heterocycles. The third-order valence-electron chi connectivity index (χ3n) is 3.78. The van der Waals surface area contributed by atoms with Crippen LogP contribution in [0.5, 0.6) is 0 Å². The van der Waals surface area contributed by atoms with E-state index in [2.05, 4.69) is 10.6 Å². The van der Waals surface area contributed by atoms with Crippen molar-refractivity contribution in [2.75, 3.05) is 32.8 Å². The Morgan fingerprint density at radius 2 is 2.33 bits per heavy atom. The van der Waals surface area contributed by atoms with Crippen molar-refractivity contribution >= 4 is 6.09 Å². The van der Waals surface area contributed by atoms with E-state index in [4.69, 9.17) is 9.47 Å². The zero-order chi connectivity index (χ0) is 13.2. The fourth-order valence-electron chi connectivity index (χ4n) is 2.74. The van der Waals surface area contributed by atoms with Crippen molar-refractivity contribution in [2.45, 2.75) is 32.8 Å². The van der Waals surface area contributed by atoms with Crippen molar-refractivity contribution in [3.63, 3.8) is 0 Å². The second-order valence-corrected chi connectivity index (χ2v) is 6.37. The molecule has 2 atom stereocenters. The van der Waals surface area contributed by atoms with E-state index in [0.717, 1.165) is 32.7 Å². The zero-order valence-electron chi connectivity index (χ0n) is 11.5. The normalized spacial score (nSPS) is 31.8. The van der Waals surface area contributed by atoms with Crippen molar-refractivity contribution in [3.8, 4) is 0 Å². The molecule has 0 aromatic heterocycles. The lowest BCUT2D eigenvalue weighted by molar-refractivity contribution is -0.0162. The monoisotopic (exact) mass is 256 g/mol. The molecule has 2 aliphatic rings. The molecule has 0 bridgehead atoms. The summed E-state index contributed by atoms with van der Waals surface area (Å²) >= 11 is 0. The summed E-state index contributed by atoms with van der Waals surface area (Å²) in [6.45, 7) is 9.81. The molecule has 2 N–H and O–H groups in total. The summed E-state index contributed by atoms with van der Waals surface area (Å²) < 4.78 is 10.8. The van der Waals surface area contributed by atoms with Gasteiger partial charge in [0.2, 0.25) is 0 Å². The highest BCUT2D eigenvalue weighted by molar-refractivity contribution is 5.67. The standard InChI is InChI=1S/C13H24N2O3/c1-12(2,3)18-11(16)15-9-13-4-5-17-7-10(13)6-14-8-13/h10,14H,4-9H2,1-3H3,(H,15,16). The zero-order valence-corrected chi connectivity index (χ0v) is 11.5. The molecule has 2 unspecified atom stereocenters. The number of carbonyl (C=O) groups is 1. The smallest absolute Gasteiger partial charge is 0.407 e. The molecule has 104 valence electrons. The van der Waals surface area contributed by atoms with Gasteiger partial charge in [-0.05, 0) is 27.2 Å². The van der Waals surface area contributed by atoms with Crippen molar-refractivity contribution < 1.29 is 14.3 Å². The molecule has 5 nitrogen and oxygen atoms in total. The van der Waals surface area contributed by atoms with Gasteiger partial charge in [0.05, 0.1) is 6.61 Å². The van der Waals surface area contributed by atoms with Crippen molar-refractivity contribution in [2.24, 2.45) is 11.3 Å². The van der Waals surface area contributed by atoms with Gasteiger partial charge >= 0.3 is 6.09 Å². The highest BCUT2D eigenvalue weighted by Crippen LogP contribution is 2.37. The molecule has 2 fully saturated rings. The number of alkyl carbamates (subject to hydrolysis) is 1. The first-order valence-corrected chi connectivity index (χ1v) is 6.67. The Balaban J connectivity index is 1.86. The van der Waals surface area contributed by atoms with E-state index in [0.29, 0.717) is 12.5 Å². The Morgan fingerprint density at radius 1 is 1.56 bits per heavy atom. The molecule has 0 spiro atoms. The molecule has 2 rings (SSSR count). The summed E-state index contributed by atoms with van der Waals surface area (Å²) in [5, 5.41) is 6.32. The van der Waals surface area contributed by atoms with Crippen molar-refractivity contribution in [3.05, 3.63) is 0 Å². The summed E-state index contributed by atoms with van der Waals surface area (Å²) in [7, 11) is 0. The van der Waals surface area contributed by atoms with Gasteiger partial charge in [-0.25, -0.2) is 4.79 Å². The van der Waals surface area contributed by atoms with Gasteiger partial charge in [0.1, 0.15) is 5.60 Å². The number of hydrogen-bond donors (Lipinski definition) is 2. The highest BCUT2D eigenvalue weighted by Gasteiger charge is 2.45. The molecule has 0 aromatic rings. The average molecular weight is 256 g/mol. The number of ether oxygens (including phenoxy) is 2. The second kappa shape index (κ2) is 5.05. The lowest BCUT2D eigenvalue weighted by atomic mass is 9.74. The minimum atomic E-state index is -0.440. The quantitative estimate of drug-likeness (QED) is 0.778. The molecule has 1 amide bonds. The molecular formula is C13H24N2O3. The third-order valence-corrected chi connectivity index (χ3v) is 3.78. The highest BCUT2D eigenvalue weighted by atomic mass is 16.6. The van der Waals surface area contributed by atoms with E-state index >= 15 is 0 Å². The van der Waals surface area contributed by atoms with Crippen LogP contribution in [-0.2, 0) is 9.47 Å². The van der Waals surface area contributed by atoms with E-state index in [1.807, 2.05) is 20.8 Å². The van der Waals surface area contributed by atoms with Crippen LogP contribution in [-0.4, -0.2) is 44.5 Å². The number of carbonyl (C=O) groups excluding carboxylic acids is 1. The first-order chi connectivity index (χ1) is 8.41. The number of hydrogen-bond acceptors (Lipinski definition) is 4. The molecule has 0 saturated carbocycles. The van der Waals surface area contributed by atoms with Crippen LogP contribution in [0.3, 0.4) is 0 Å². The van der Waals surface area contributed by atoms with Crippen LogP contribution in [0.4, 0.5) is 4.79 Å². The van der Waals surface area contributed by atoms with Crippen molar-refractivity contribution in [1.82, 2.24) is 10.6 Å². The predicted molar refractivity (Wildman–Crippen MR) is 68.5 cm³/mol. The molecule has 5 heteroatoms. The first kappa shape index (κ1) is 13.6. The van der Waals surface area contributed by atoms with E-state index in [-0.39, 0.29) is 11.5 Å². The largest absolute Gasteiger partial charge is 0.444 e. The maximum Gasteiger partial charge on any atom is 0.407 e. The van der Waals surface area contributed by atoms with Gasteiger partial charge in [0.25, 0.3) is 0 Å².